The van der Waals surface area contributed by atoms with Crippen LogP contribution in [-0.4, -0.2) is 24.4 Å². The van der Waals surface area contributed by atoms with Crippen molar-refractivity contribution in [3.05, 3.63) is 24.3 Å². The van der Waals surface area contributed by atoms with Crippen LogP contribution < -0.4 is 16.0 Å². The van der Waals surface area contributed by atoms with Gasteiger partial charge in [0.1, 0.15) is 0 Å². The van der Waals surface area contributed by atoms with Gasteiger partial charge in [-0.2, -0.15) is 0 Å². The second-order valence-corrected chi connectivity index (χ2v) is 4.40. The molecule has 1 aliphatic rings. The van der Waals surface area contributed by atoms with Gasteiger partial charge in [0.2, 0.25) is 11.8 Å². The number of carbonyl (C=O) groups excluding carboxylic acids is 2. The van der Waals surface area contributed by atoms with Crippen LogP contribution in [0.15, 0.2) is 24.3 Å². The Morgan fingerprint density at radius 1 is 1.16 bits per heavy atom. The Labute approximate surface area is 118 Å². The normalized spacial score (nSPS) is 17.4. The molecule has 0 aliphatic carbocycles. The fourth-order valence-corrected chi connectivity index (χ4v) is 1.98. The maximum atomic E-state index is 11.8. The predicted octanol–water partition coefficient (Wildman–Crippen LogP) is 1.76. The first kappa shape index (κ1) is 15.5. The molecule has 0 bridgehead atoms. The van der Waals surface area contributed by atoms with Crippen molar-refractivity contribution in [1.29, 1.82) is 0 Å². The van der Waals surface area contributed by atoms with Crippen molar-refractivity contribution in [3.8, 4) is 0 Å². The van der Waals surface area contributed by atoms with Crippen molar-refractivity contribution in [2.75, 3.05) is 17.2 Å². The van der Waals surface area contributed by atoms with E-state index in [1.165, 1.54) is 6.92 Å². The van der Waals surface area contributed by atoms with Crippen molar-refractivity contribution >= 4 is 35.6 Å². The Balaban J connectivity index is 0.00000180. The first-order valence-corrected chi connectivity index (χ1v) is 6.07. The van der Waals surface area contributed by atoms with Gasteiger partial charge in [0.05, 0.1) is 6.04 Å². The number of nitrogens with one attached hydrogen (secondary N) is 3. The third kappa shape index (κ3) is 4.54. The zero-order valence-corrected chi connectivity index (χ0v) is 11.5. The number of rotatable bonds is 3. The third-order valence-electron chi connectivity index (χ3n) is 2.85. The van der Waals surface area contributed by atoms with Crippen molar-refractivity contribution < 1.29 is 9.59 Å². The highest BCUT2D eigenvalue weighted by Gasteiger charge is 2.21. The molecule has 1 aromatic carbocycles. The van der Waals surface area contributed by atoms with Gasteiger partial charge in [-0.05, 0) is 43.7 Å². The Morgan fingerprint density at radius 3 is 2.21 bits per heavy atom. The molecule has 1 fully saturated rings. The summed E-state index contributed by atoms with van der Waals surface area (Å²) in [6, 6.07) is 6.99. The van der Waals surface area contributed by atoms with Gasteiger partial charge >= 0.3 is 0 Å². The lowest BCUT2D eigenvalue weighted by atomic mass is 10.2. The van der Waals surface area contributed by atoms with Crippen molar-refractivity contribution in [1.82, 2.24) is 5.32 Å². The number of benzene rings is 1. The smallest absolute Gasteiger partial charge is 0.241 e. The van der Waals surface area contributed by atoms with E-state index in [1.54, 1.807) is 24.3 Å². The summed E-state index contributed by atoms with van der Waals surface area (Å²) in [6.45, 7) is 2.36. The third-order valence-corrected chi connectivity index (χ3v) is 2.85. The Bertz CT molecular complexity index is 442. The molecule has 1 atom stereocenters. The molecule has 1 unspecified atom stereocenters. The van der Waals surface area contributed by atoms with E-state index in [4.69, 9.17) is 0 Å². The summed E-state index contributed by atoms with van der Waals surface area (Å²) in [4.78, 5) is 22.7. The average Bonchev–Trinajstić information content (AvgIpc) is 2.84. The minimum absolute atomic E-state index is 0. The number of hydrogen-bond donors (Lipinski definition) is 3. The summed E-state index contributed by atoms with van der Waals surface area (Å²) in [5, 5.41) is 8.67. The van der Waals surface area contributed by atoms with Crippen LogP contribution >= 0.6 is 12.4 Å². The minimum Gasteiger partial charge on any atom is -0.326 e. The molecule has 0 saturated carbocycles. The highest BCUT2D eigenvalue weighted by Crippen LogP contribution is 2.15. The highest BCUT2D eigenvalue weighted by atomic mass is 35.5. The largest absolute Gasteiger partial charge is 0.326 e. The van der Waals surface area contributed by atoms with Gasteiger partial charge in [0, 0.05) is 18.3 Å². The molecule has 5 nitrogen and oxygen atoms in total. The van der Waals surface area contributed by atoms with Crippen LogP contribution in [0.5, 0.6) is 0 Å². The number of anilines is 2. The molecule has 2 amide bonds. The molecular formula is C13H18ClN3O2. The number of carbonyl (C=O) groups is 2. The highest BCUT2D eigenvalue weighted by molar-refractivity contribution is 5.95. The Kier molecular flexibility index (Phi) is 5.79. The van der Waals surface area contributed by atoms with E-state index < -0.39 is 0 Å². The molecule has 2 rings (SSSR count). The summed E-state index contributed by atoms with van der Waals surface area (Å²) in [5.74, 6) is -0.110. The van der Waals surface area contributed by atoms with Crippen LogP contribution in [0.1, 0.15) is 19.8 Å². The predicted molar refractivity (Wildman–Crippen MR) is 77.6 cm³/mol. The van der Waals surface area contributed by atoms with Crippen LogP contribution in [0.2, 0.25) is 0 Å². The van der Waals surface area contributed by atoms with Gasteiger partial charge in [-0.1, -0.05) is 0 Å². The molecule has 1 aromatic rings. The van der Waals surface area contributed by atoms with Gasteiger partial charge in [-0.15, -0.1) is 12.4 Å². The molecule has 19 heavy (non-hydrogen) atoms. The molecule has 0 radical (unpaired) electrons. The summed E-state index contributed by atoms with van der Waals surface area (Å²) >= 11 is 0. The topological polar surface area (TPSA) is 70.2 Å². The number of amides is 2. The average molecular weight is 284 g/mol. The second kappa shape index (κ2) is 7.11. The van der Waals surface area contributed by atoms with E-state index in [9.17, 15) is 9.59 Å². The lowest BCUT2D eigenvalue weighted by Crippen LogP contribution is -2.35. The molecule has 0 spiro atoms. The fourth-order valence-electron chi connectivity index (χ4n) is 1.98. The summed E-state index contributed by atoms with van der Waals surface area (Å²) in [6.07, 6.45) is 1.93. The zero-order chi connectivity index (χ0) is 13.0. The van der Waals surface area contributed by atoms with Gasteiger partial charge in [-0.3, -0.25) is 9.59 Å². The molecule has 6 heteroatoms. The quantitative estimate of drug-likeness (QED) is 0.792. The maximum Gasteiger partial charge on any atom is 0.241 e. The standard InChI is InChI=1S/C13H17N3O2.ClH/c1-9(17)15-10-4-6-11(7-5-10)16-13(18)12-3-2-8-14-12;/h4-7,12,14H,2-3,8H2,1H3,(H,15,17)(H,16,18);1H. The van der Waals surface area contributed by atoms with Crippen LogP contribution in [0, 0.1) is 0 Å². The SMILES string of the molecule is CC(=O)Nc1ccc(NC(=O)C2CCCN2)cc1.Cl. The number of halogens is 1. The lowest BCUT2D eigenvalue weighted by molar-refractivity contribution is -0.118. The van der Waals surface area contributed by atoms with Crippen molar-refractivity contribution in [2.24, 2.45) is 0 Å². The van der Waals surface area contributed by atoms with Crippen LogP contribution in [0.25, 0.3) is 0 Å². The molecule has 1 aliphatic heterocycles. The van der Waals surface area contributed by atoms with Crippen LogP contribution in [0.4, 0.5) is 11.4 Å². The minimum atomic E-state index is -0.109. The van der Waals surface area contributed by atoms with E-state index >= 15 is 0 Å². The monoisotopic (exact) mass is 283 g/mol. The second-order valence-electron chi connectivity index (χ2n) is 4.40. The summed E-state index contributed by atoms with van der Waals surface area (Å²) in [7, 11) is 0. The van der Waals surface area contributed by atoms with Gasteiger partial charge < -0.3 is 16.0 Å². The van der Waals surface area contributed by atoms with E-state index in [1.807, 2.05) is 0 Å². The van der Waals surface area contributed by atoms with E-state index in [-0.39, 0.29) is 30.3 Å². The molecule has 3 N–H and O–H groups in total. The first-order valence-electron chi connectivity index (χ1n) is 6.07. The lowest BCUT2D eigenvalue weighted by Gasteiger charge is -2.11. The van der Waals surface area contributed by atoms with Gasteiger partial charge in [0.15, 0.2) is 0 Å². The fraction of sp³-hybridized carbons (Fsp3) is 0.385. The van der Waals surface area contributed by atoms with Crippen LogP contribution in [0.3, 0.4) is 0 Å². The molecule has 0 aromatic heterocycles. The van der Waals surface area contributed by atoms with Gasteiger partial charge in [0.25, 0.3) is 0 Å². The van der Waals surface area contributed by atoms with E-state index in [0.29, 0.717) is 0 Å². The molecule has 1 saturated heterocycles. The Morgan fingerprint density at radius 2 is 1.74 bits per heavy atom. The molecule has 1 heterocycles. The molecular weight excluding hydrogens is 266 g/mol. The summed E-state index contributed by atoms with van der Waals surface area (Å²) in [5.41, 5.74) is 1.46. The first-order chi connectivity index (χ1) is 8.65. The number of hydrogen-bond acceptors (Lipinski definition) is 3. The maximum absolute atomic E-state index is 11.8. The Hall–Kier alpha value is -1.59. The van der Waals surface area contributed by atoms with Gasteiger partial charge in [-0.25, -0.2) is 0 Å². The molecule has 104 valence electrons. The van der Waals surface area contributed by atoms with Crippen molar-refractivity contribution in [2.45, 2.75) is 25.8 Å². The van der Waals surface area contributed by atoms with E-state index in [0.717, 1.165) is 30.8 Å². The van der Waals surface area contributed by atoms with Crippen molar-refractivity contribution in [3.63, 3.8) is 0 Å². The van der Waals surface area contributed by atoms with Crippen LogP contribution in [-0.2, 0) is 9.59 Å². The summed E-state index contributed by atoms with van der Waals surface area (Å²) < 4.78 is 0. The van der Waals surface area contributed by atoms with E-state index in [2.05, 4.69) is 16.0 Å². The zero-order valence-electron chi connectivity index (χ0n) is 10.7.